The van der Waals surface area contributed by atoms with Crippen molar-refractivity contribution in [3.05, 3.63) is 42.0 Å². The number of ketones is 2. The van der Waals surface area contributed by atoms with Crippen LogP contribution in [0.3, 0.4) is 0 Å². The maximum atomic E-state index is 11.9. The summed E-state index contributed by atoms with van der Waals surface area (Å²) in [5, 5.41) is 18.6. The summed E-state index contributed by atoms with van der Waals surface area (Å²) in [7, 11) is 0. The monoisotopic (exact) mass is 310 g/mol. The predicted octanol–water partition coefficient (Wildman–Crippen LogP) is 1.54. The molecule has 1 heterocycles. The third-order valence-corrected chi connectivity index (χ3v) is 3.99. The molecule has 0 bridgehead atoms. The number of hydrogen-bond acceptors (Lipinski definition) is 5. The van der Waals surface area contributed by atoms with Crippen molar-refractivity contribution in [2.45, 2.75) is 19.9 Å². The molecule has 1 aromatic rings. The lowest BCUT2D eigenvalue weighted by Gasteiger charge is -2.37. The van der Waals surface area contributed by atoms with E-state index in [1.165, 1.54) is 13.8 Å². The average molecular weight is 310 g/mol. The highest BCUT2D eigenvalue weighted by molar-refractivity contribution is 6.04. The van der Waals surface area contributed by atoms with E-state index in [2.05, 4.69) is 6.07 Å². The lowest BCUT2D eigenvalue weighted by atomic mass is 9.81. The zero-order valence-electron chi connectivity index (χ0n) is 13.0. The van der Waals surface area contributed by atoms with Gasteiger partial charge in [0.05, 0.1) is 12.1 Å². The molecule has 2 rings (SSSR count). The predicted molar refractivity (Wildman–Crippen MR) is 85.9 cm³/mol. The van der Waals surface area contributed by atoms with Crippen molar-refractivity contribution in [1.29, 1.82) is 10.7 Å². The molecule has 1 aliphatic rings. The van der Waals surface area contributed by atoms with Gasteiger partial charge in [0.15, 0.2) is 0 Å². The number of carbonyl (C=O) groups excluding carboxylic acids is 2. The summed E-state index contributed by atoms with van der Waals surface area (Å²) in [5.74, 6) is 3.37. The number of Topliss-reactive ketones (excluding diaryl/α,β-unsaturated/α-hetero) is 2. The van der Waals surface area contributed by atoms with Crippen molar-refractivity contribution in [1.82, 2.24) is 5.01 Å². The fraction of sp³-hybridized carbons (Fsp3) is 0.294. The van der Waals surface area contributed by atoms with Gasteiger partial charge in [-0.3, -0.25) is 20.0 Å². The Bertz CT molecular complexity index is 704. The quantitative estimate of drug-likeness (QED) is 0.647. The second-order valence-electron chi connectivity index (χ2n) is 5.53. The van der Waals surface area contributed by atoms with Crippen molar-refractivity contribution >= 4 is 23.0 Å². The van der Waals surface area contributed by atoms with Crippen molar-refractivity contribution in [2.75, 3.05) is 0 Å². The zero-order valence-corrected chi connectivity index (χ0v) is 13.0. The summed E-state index contributed by atoms with van der Waals surface area (Å²) >= 11 is 0. The molecule has 0 fully saturated rings. The van der Waals surface area contributed by atoms with Crippen LogP contribution in [0.4, 0.5) is 0 Å². The SMILES string of the molecule is CC(=O)C(C(C)=O)C1C=C(c2ccccc2)C(C#N)C(=N)N1N. The number of rotatable bonds is 4. The molecule has 0 amide bonds. The third kappa shape index (κ3) is 3.05. The normalized spacial score (nSPS) is 20.9. The molecule has 1 aliphatic heterocycles. The Morgan fingerprint density at radius 2 is 1.83 bits per heavy atom. The van der Waals surface area contributed by atoms with E-state index in [-0.39, 0.29) is 17.4 Å². The Balaban J connectivity index is 2.59. The van der Waals surface area contributed by atoms with Crippen LogP contribution in [0.5, 0.6) is 0 Å². The Morgan fingerprint density at radius 3 is 2.30 bits per heavy atom. The van der Waals surface area contributed by atoms with Crippen LogP contribution in [0.15, 0.2) is 36.4 Å². The molecule has 6 heteroatoms. The molecular formula is C17H18N4O2. The lowest BCUT2D eigenvalue weighted by Crippen LogP contribution is -2.55. The van der Waals surface area contributed by atoms with Gasteiger partial charge in [0.25, 0.3) is 0 Å². The van der Waals surface area contributed by atoms with Crippen molar-refractivity contribution in [3.8, 4) is 6.07 Å². The van der Waals surface area contributed by atoms with Crippen LogP contribution in [-0.2, 0) is 9.59 Å². The summed E-state index contributed by atoms with van der Waals surface area (Å²) in [5.41, 5.74) is 1.37. The molecule has 1 aromatic carbocycles. The molecule has 6 nitrogen and oxygen atoms in total. The van der Waals surface area contributed by atoms with Gasteiger partial charge >= 0.3 is 0 Å². The van der Waals surface area contributed by atoms with E-state index in [0.29, 0.717) is 5.57 Å². The molecule has 0 radical (unpaired) electrons. The molecule has 0 saturated heterocycles. The Hall–Kier alpha value is -2.78. The smallest absolute Gasteiger partial charge is 0.142 e. The summed E-state index contributed by atoms with van der Waals surface area (Å²) < 4.78 is 0. The highest BCUT2D eigenvalue weighted by Gasteiger charge is 2.40. The van der Waals surface area contributed by atoms with Gasteiger partial charge in [-0.25, -0.2) is 5.84 Å². The van der Waals surface area contributed by atoms with Crippen LogP contribution in [0.2, 0.25) is 0 Å². The van der Waals surface area contributed by atoms with E-state index >= 15 is 0 Å². The minimum absolute atomic E-state index is 0.119. The maximum absolute atomic E-state index is 11.9. The van der Waals surface area contributed by atoms with Crippen LogP contribution in [0.1, 0.15) is 19.4 Å². The summed E-state index contributed by atoms with van der Waals surface area (Å²) in [6.07, 6.45) is 1.66. The zero-order chi connectivity index (χ0) is 17.1. The van der Waals surface area contributed by atoms with Crippen LogP contribution >= 0.6 is 0 Å². The second kappa shape index (κ2) is 6.55. The molecule has 0 spiro atoms. The number of carbonyl (C=O) groups is 2. The van der Waals surface area contributed by atoms with Gasteiger partial charge in [-0.1, -0.05) is 36.4 Å². The first-order valence-corrected chi connectivity index (χ1v) is 7.18. The lowest BCUT2D eigenvalue weighted by molar-refractivity contribution is -0.132. The number of benzene rings is 1. The Morgan fingerprint density at radius 1 is 1.26 bits per heavy atom. The van der Waals surface area contributed by atoms with Gasteiger partial charge in [-0.05, 0) is 25.0 Å². The fourth-order valence-electron chi connectivity index (χ4n) is 2.87. The molecule has 23 heavy (non-hydrogen) atoms. The van der Waals surface area contributed by atoms with E-state index in [4.69, 9.17) is 11.3 Å². The Kier molecular flexibility index (Phi) is 4.72. The minimum Gasteiger partial charge on any atom is -0.299 e. The van der Waals surface area contributed by atoms with Crippen molar-refractivity contribution < 1.29 is 9.59 Å². The average Bonchev–Trinajstić information content (AvgIpc) is 2.51. The van der Waals surface area contributed by atoms with E-state index in [9.17, 15) is 14.9 Å². The van der Waals surface area contributed by atoms with Gasteiger partial charge in [0, 0.05) is 0 Å². The van der Waals surface area contributed by atoms with Gasteiger partial charge in [-0.2, -0.15) is 5.26 Å². The van der Waals surface area contributed by atoms with E-state index < -0.39 is 17.9 Å². The molecule has 0 aromatic heterocycles. The van der Waals surface area contributed by atoms with E-state index in [1.54, 1.807) is 6.08 Å². The first-order chi connectivity index (χ1) is 10.9. The van der Waals surface area contributed by atoms with E-state index in [1.807, 2.05) is 30.3 Å². The van der Waals surface area contributed by atoms with Crippen LogP contribution < -0.4 is 5.84 Å². The number of nitrogens with two attached hydrogens (primary N) is 1. The summed E-state index contributed by atoms with van der Waals surface area (Å²) in [6, 6.07) is 10.4. The Labute approximate surface area is 134 Å². The summed E-state index contributed by atoms with van der Waals surface area (Å²) in [6.45, 7) is 2.66. The molecule has 2 unspecified atom stereocenters. The number of nitrogens with one attached hydrogen (secondary N) is 1. The van der Waals surface area contributed by atoms with Crippen LogP contribution in [0.25, 0.3) is 5.57 Å². The summed E-state index contributed by atoms with van der Waals surface area (Å²) in [4.78, 5) is 23.7. The highest BCUT2D eigenvalue weighted by Crippen LogP contribution is 2.32. The number of amidine groups is 1. The van der Waals surface area contributed by atoms with Crippen molar-refractivity contribution in [2.24, 2.45) is 17.7 Å². The van der Waals surface area contributed by atoms with Crippen molar-refractivity contribution in [3.63, 3.8) is 0 Å². The highest BCUT2D eigenvalue weighted by atomic mass is 16.1. The van der Waals surface area contributed by atoms with Gasteiger partial charge in [0.1, 0.15) is 29.2 Å². The van der Waals surface area contributed by atoms with Crippen LogP contribution in [0, 0.1) is 28.6 Å². The van der Waals surface area contributed by atoms with Gasteiger partial charge < -0.3 is 0 Å². The molecule has 118 valence electrons. The molecule has 3 N–H and O–H groups in total. The number of hydrogen-bond donors (Lipinski definition) is 2. The van der Waals surface area contributed by atoms with Crippen LogP contribution in [-0.4, -0.2) is 28.5 Å². The molecule has 2 atom stereocenters. The van der Waals surface area contributed by atoms with Gasteiger partial charge in [0.2, 0.25) is 0 Å². The number of nitriles is 1. The first-order valence-electron chi connectivity index (χ1n) is 7.18. The molecular weight excluding hydrogens is 292 g/mol. The number of nitrogens with zero attached hydrogens (tertiary/aromatic N) is 2. The molecule has 0 saturated carbocycles. The number of hydrazine groups is 1. The second-order valence-corrected chi connectivity index (χ2v) is 5.53. The largest absolute Gasteiger partial charge is 0.299 e. The first kappa shape index (κ1) is 16.6. The standard InChI is InChI=1S/C17H18N4O2/c1-10(22)16(11(2)23)15-8-13(12-6-4-3-5-7-12)14(9-18)17(19)21(15)20/h3-8,14-16,19H,20H2,1-2H3. The van der Waals surface area contributed by atoms with Gasteiger partial charge in [-0.15, -0.1) is 0 Å². The maximum Gasteiger partial charge on any atom is 0.142 e. The molecule has 0 aliphatic carbocycles. The van der Waals surface area contributed by atoms with E-state index in [0.717, 1.165) is 10.6 Å². The topological polar surface area (TPSA) is 111 Å². The third-order valence-electron chi connectivity index (χ3n) is 3.99. The fourth-order valence-corrected chi connectivity index (χ4v) is 2.87. The minimum atomic E-state index is -0.960.